The minimum absolute atomic E-state index is 0.0263. The van der Waals surface area contributed by atoms with E-state index in [4.69, 9.17) is 45.9 Å². The molecule has 2 aromatic rings. The molecule has 0 radical (unpaired) electrons. The van der Waals surface area contributed by atoms with E-state index in [9.17, 15) is 0 Å². The zero-order chi connectivity index (χ0) is 17.5. The number of benzene rings is 2. The lowest BCUT2D eigenvalue weighted by molar-refractivity contribution is 0.875. The molecule has 0 bridgehead atoms. The number of nitrogens with two attached hydrogens (primary N) is 1. The van der Waals surface area contributed by atoms with Gasteiger partial charge < -0.3 is 11.1 Å². The monoisotopic (exact) mass is 383 g/mol. The van der Waals surface area contributed by atoms with E-state index in [-0.39, 0.29) is 11.9 Å². The average Bonchev–Trinajstić information content (AvgIpc) is 2.53. The molecule has 2 aromatic carbocycles. The third-order valence-electron chi connectivity index (χ3n) is 3.07. The number of halogens is 3. The second-order valence-corrected chi connectivity index (χ2v) is 6.20. The Bertz CT molecular complexity index is 744. The molecule has 0 amide bonds. The van der Waals surface area contributed by atoms with Crippen molar-refractivity contribution in [2.24, 2.45) is 10.7 Å². The summed E-state index contributed by atoms with van der Waals surface area (Å²) in [5.74, 6) is 0.169. The summed E-state index contributed by atoms with van der Waals surface area (Å²) in [6.45, 7) is 0.762. The van der Waals surface area contributed by atoms with Crippen LogP contribution in [0.2, 0.25) is 15.1 Å². The van der Waals surface area contributed by atoms with Gasteiger partial charge in [0, 0.05) is 21.6 Å². The summed E-state index contributed by atoms with van der Waals surface area (Å²) in [6.07, 6.45) is 0. The Hall–Kier alpha value is -1.95. The smallest absolute Gasteiger partial charge is 0.195 e. The van der Waals surface area contributed by atoms with Crippen LogP contribution in [0.25, 0.3) is 0 Å². The molecule has 5 nitrogen and oxygen atoms in total. The molecule has 8 heteroatoms. The highest BCUT2D eigenvalue weighted by Gasteiger charge is 2.03. The summed E-state index contributed by atoms with van der Waals surface area (Å²) in [6, 6.07) is 12.5. The lowest BCUT2D eigenvalue weighted by atomic mass is 10.2. The maximum absolute atomic E-state index is 7.82. The highest BCUT2D eigenvalue weighted by atomic mass is 35.5. The van der Waals surface area contributed by atoms with E-state index < -0.39 is 0 Å². The first-order chi connectivity index (χ1) is 11.4. The van der Waals surface area contributed by atoms with Crippen LogP contribution >= 0.6 is 34.8 Å². The van der Waals surface area contributed by atoms with Gasteiger partial charge in [0.25, 0.3) is 0 Å². The van der Waals surface area contributed by atoms with Crippen molar-refractivity contribution in [3.8, 4) is 0 Å². The van der Waals surface area contributed by atoms with Crippen LogP contribution in [-0.4, -0.2) is 11.9 Å². The minimum atomic E-state index is 0.0263. The number of nitrogens with one attached hydrogen (secondary N) is 3. The van der Waals surface area contributed by atoms with E-state index in [1.165, 1.54) is 0 Å². The molecule has 0 saturated heterocycles. The lowest BCUT2D eigenvalue weighted by Gasteiger charge is -2.11. The molecule has 0 atom stereocenters. The highest BCUT2D eigenvalue weighted by Crippen LogP contribution is 2.20. The van der Waals surface area contributed by atoms with Gasteiger partial charge in [0.15, 0.2) is 11.9 Å². The van der Waals surface area contributed by atoms with Gasteiger partial charge in [0.1, 0.15) is 0 Å². The largest absolute Gasteiger partial charge is 0.370 e. The van der Waals surface area contributed by atoms with Crippen LogP contribution in [0.1, 0.15) is 11.1 Å². The molecule has 0 saturated carbocycles. The number of hydrogen-bond acceptors (Lipinski definition) is 2. The molecule has 126 valence electrons. The van der Waals surface area contributed by atoms with Crippen LogP contribution in [0.3, 0.4) is 0 Å². The van der Waals surface area contributed by atoms with Crippen molar-refractivity contribution in [2.75, 3.05) is 0 Å². The standard InChI is InChI=1S/C16H16Cl3N5/c17-12-4-1-10(2-5-12)8-22-15(20)24-16(21)23-9-11-3-6-13(18)7-14(11)19/h1-7H,8-9H2,(H5,20,21,22,23,24). The van der Waals surface area contributed by atoms with Crippen molar-refractivity contribution >= 4 is 46.7 Å². The average molecular weight is 385 g/mol. The maximum atomic E-state index is 7.82. The molecule has 0 fully saturated rings. The van der Waals surface area contributed by atoms with Crippen molar-refractivity contribution in [3.63, 3.8) is 0 Å². The Morgan fingerprint density at radius 3 is 2.38 bits per heavy atom. The minimum Gasteiger partial charge on any atom is -0.370 e. The first-order valence-electron chi connectivity index (χ1n) is 7.02. The van der Waals surface area contributed by atoms with E-state index in [0.29, 0.717) is 28.2 Å². The van der Waals surface area contributed by atoms with Crippen LogP contribution in [0, 0.1) is 5.41 Å². The third-order valence-corrected chi connectivity index (χ3v) is 3.91. The van der Waals surface area contributed by atoms with Crippen molar-refractivity contribution in [3.05, 3.63) is 68.7 Å². The molecular weight excluding hydrogens is 369 g/mol. The predicted molar refractivity (Wildman–Crippen MR) is 101 cm³/mol. The fraction of sp³-hybridized carbons (Fsp3) is 0.125. The van der Waals surface area contributed by atoms with Crippen LogP contribution in [0.15, 0.2) is 47.5 Å². The molecule has 0 unspecified atom stereocenters. The Morgan fingerprint density at radius 2 is 1.71 bits per heavy atom. The predicted octanol–water partition coefficient (Wildman–Crippen LogP) is 3.78. The van der Waals surface area contributed by atoms with Gasteiger partial charge in [-0.1, -0.05) is 53.0 Å². The summed E-state index contributed by atoms with van der Waals surface area (Å²) in [4.78, 5) is 4.16. The number of nitrogens with zero attached hydrogens (tertiary/aromatic N) is 1. The summed E-state index contributed by atoms with van der Waals surface area (Å²) in [7, 11) is 0. The van der Waals surface area contributed by atoms with Crippen molar-refractivity contribution < 1.29 is 0 Å². The van der Waals surface area contributed by atoms with Crippen LogP contribution in [0.4, 0.5) is 0 Å². The molecule has 0 spiro atoms. The van der Waals surface area contributed by atoms with Gasteiger partial charge in [0.05, 0.1) is 6.54 Å². The maximum Gasteiger partial charge on any atom is 0.195 e. The number of rotatable bonds is 4. The van der Waals surface area contributed by atoms with Gasteiger partial charge >= 0.3 is 0 Å². The molecule has 0 aromatic heterocycles. The second-order valence-electron chi connectivity index (χ2n) is 4.92. The van der Waals surface area contributed by atoms with E-state index in [2.05, 4.69) is 15.6 Å². The number of guanidine groups is 2. The summed E-state index contributed by atoms with van der Waals surface area (Å²) < 4.78 is 0. The molecule has 0 heterocycles. The fourth-order valence-corrected chi connectivity index (χ4v) is 2.43. The number of aliphatic imine (C=N–C) groups is 1. The lowest BCUT2D eigenvalue weighted by Crippen LogP contribution is -2.43. The van der Waals surface area contributed by atoms with E-state index in [1.54, 1.807) is 30.3 Å². The topological polar surface area (TPSA) is 86.3 Å². The molecule has 24 heavy (non-hydrogen) atoms. The van der Waals surface area contributed by atoms with E-state index in [1.807, 2.05) is 12.1 Å². The Kier molecular flexibility index (Phi) is 6.73. The van der Waals surface area contributed by atoms with Crippen molar-refractivity contribution in [1.29, 1.82) is 5.41 Å². The van der Waals surface area contributed by atoms with Crippen LogP contribution in [0.5, 0.6) is 0 Å². The molecule has 0 aliphatic carbocycles. The first-order valence-corrected chi connectivity index (χ1v) is 8.15. The Labute approximate surface area is 155 Å². The first kappa shape index (κ1) is 18.4. The van der Waals surface area contributed by atoms with E-state index >= 15 is 0 Å². The van der Waals surface area contributed by atoms with Crippen molar-refractivity contribution in [1.82, 2.24) is 10.6 Å². The molecule has 5 N–H and O–H groups in total. The summed E-state index contributed by atoms with van der Waals surface area (Å²) in [5.41, 5.74) is 7.55. The fourth-order valence-electron chi connectivity index (χ4n) is 1.83. The van der Waals surface area contributed by atoms with Gasteiger partial charge in [-0.3, -0.25) is 10.7 Å². The van der Waals surface area contributed by atoms with Crippen molar-refractivity contribution in [2.45, 2.75) is 13.1 Å². The third kappa shape index (κ3) is 5.92. The summed E-state index contributed by atoms with van der Waals surface area (Å²) in [5, 5.41) is 15.1. The van der Waals surface area contributed by atoms with E-state index in [0.717, 1.165) is 11.1 Å². The normalized spacial score (nSPS) is 11.2. The zero-order valence-corrected chi connectivity index (χ0v) is 14.9. The SMILES string of the molecule is N=C(NCc1ccc(Cl)cc1Cl)NC(N)=NCc1ccc(Cl)cc1. The molecule has 0 aliphatic heterocycles. The Morgan fingerprint density at radius 1 is 1.04 bits per heavy atom. The molecular formula is C16H16Cl3N5. The Balaban J connectivity index is 1.82. The van der Waals surface area contributed by atoms with Gasteiger partial charge in [0.2, 0.25) is 0 Å². The zero-order valence-electron chi connectivity index (χ0n) is 12.6. The second kappa shape index (κ2) is 8.78. The van der Waals surface area contributed by atoms with Gasteiger partial charge in [-0.05, 0) is 35.4 Å². The van der Waals surface area contributed by atoms with Gasteiger partial charge in [-0.15, -0.1) is 0 Å². The van der Waals surface area contributed by atoms with Crippen LogP contribution in [-0.2, 0) is 13.1 Å². The van der Waals surface area contributed by atoms with Gasteiger partial charge in [-0.25, -0.2) is 4.99 Å². The number of hydrogen-bond donors (Lipinski definition) is 4. The highest BCUT2D eigenvalue weighted by molar-refractivity contribution is 6.35. The quantitative estimate of drug-likeness (QED) is 0.478. The van der Waals surface area contributed by atoms with Gasteiger partial charge in [-0.2, -0.15) is 0 Å². The molecule has 0 aliphatic rings. The summed E-state index contributed by atoms with van der Waals surface area (Å²) >= 11 is 17.7. The van der Waals surface area contributed by atoms with Crippen LogP contribution < -0.4 is 16.4 Å². The molecule has 2 rings (SSSR count).